The summed E-state index contributed by atoms with van der Waals surface area (Å²) in [6.07, 6.45) is 0.760. The van der Waals surface area contributed by atoms with Crippen LogP contribution in [0.5, 0.6) is 0 Å². The molecule has 12 heavy (non-hydrogen) atoms. The Bertz CT molecular complexity index is 231. The molecule has 0 spiro atoms. The minimum atomic E-state index is -0.500. The average molecular weight is 170 g/mol. The molecule has 0 aromatic rings. The molecule has 0 aliphatic heterocycles. The van der Waals surface area contributed by atoms with Crippen molar-refractivity contribution < 1.29 is 19.1 Å². The standard InChI is InChI=1S/C7H10N2O3/c1-5(7(11)12-2)3-6(10)4-9-8/h4-5H,3H2,1-2H3/t5-/m1/s1. The summed E-state index contributed by atoms with van der Waals surface area (Å²) < 4.78 is 4.39. The van der Waals surface area contributed by atoms with Crippen molar-refractivity contribution in [3.8, 4) is 0 Å². The van der Waals surface area contributed by atoms with Crippen molar-refractivity contribution in [3.05, 3.63) is 5.53 Å². The van der Waals surface area contributed by atoms with E-state index in [0.717, 1.165) is 6.21 Å². The first-order valence-electron chi connectivity index (χ1n) is 3.40. The van der Waals surface area contributed by atoms with Gasteiger partial charge in [0, 0.05) is 6.42 Å². The Morgan fingerprint density at radius 1 is 1.67 bits per heavy atom. The first-order valence-corrected chi connectivity index (χ1v) is 3.40. The van der Waals surface area contributed by atoms with Crippen LogP contribution >= 0.6 is 0 Å². The summed E-state index contributed by atoms with van der Waals surface area (Å²) >= 11 is 0. The summed E-state index contributed by atoms with van der Waals surface area (Å²) in [5, 5.41) is 0. The van der Waals surface area contributed by atoms with Crippen LogP contribution in [0.15, 0.2) is 0 Å². The Balaban J connectivity index is 4.00. The van der Waals surface area contributed by atoms with E-state index in [4.69, 9.17) is 5.53 Å². The Labute approximate surface area is 69.9 Å². The molecule has 66 valence electrons. The van der Waals surface area contributed by atoms with Crippen molar-refractivity contribution in [2.24, 2.45) is 5.92 Å². The van der Waals surface area contributed by atoms with Gasteiger partial charge in [0.05, 0.1) is 13.0 Å². The fraction of sp³-hybridized carbons (Fsp3) is 0.571. The highest BCUT2D eigenvalue weighted by molar-refractivity contribution is 6.25. The lowest BCUT2D eigenvalue weighted by Crippen LogP contribution is -2.17. The number of ether oxygens (including phenoxy) is 1. The van der Waals surface area contributed by atoms with Gasteiger partial charge in [-0.1, -0.05) is 6.92 Å². The van der Waals surface area contributed by atoms with Crippen molar-refractivity contribution in [1.82, 2.24) is 0 Å². The minimum Gasteiger partial charge on any atom is -0.469 e. The number of esters is 1. The summed E-state index contributed by atoms with van der Waals surface area (Å²) in [6, 6.07) is 0. The van der Waals surface area contributed by atoms with Gasteiger partial charge in [-0.25, -0.2) is 0 Å². The summed E-state index contributed by atoms with van der Waals surface area (Å²) in [5.41, 5.74) is 7.98. The Kier molecular flexibility index (Phi) is 4.57. The fourth-order valence-corrected chi connectivity index (χ4v) is 0.703. The van der Waals surface area contributed by atoms with Crippen LogP contribution in [-0.2, 0) is 14.3 Å². The lowest BCUT2D eigenvalue weighted by atomic mass is 10.1. The second-order valence-electron chi connectivity index (χ2n) is 2.34. The number of hydrogen-bond acceptors (Lipinski definition) is 3. The van der Waals surface area contributed by atoms with Gasteiger partial charge in [-0.05, 0) is 0 Å². The summed E-state index contributed by atoms with van der Waals surface area (Å²) in [7, 11) is 1.25. The third-order valence-corrected chi connectivity index (χ3v) is 1.31. The van der Waals surface area contributed by atoms with Gasteiger partial charge < -0.3 is 10.3 Å². The predicted octanol–water partition coefficient (Wildman–Crippen LogP) is 0.0553. The number of carbonyl (C=O) groups is 2. The third-order valence-electron chi connectivity index (χ3n) is 1.31. The van der Waals surface area contributed by atoms with Crippen LogP contribution < -0.4 is 0 Å². The predicted molar refractivity (Wildman–Crippen MR) is 40.5 cm³/mol. The molecule has 0 saturated heterocycles. The fourth-order valence-electron chi connectivity index (χ4n) is 0.703. The molecule has 0 amide bonds. The highest BCUT2D eigenvalue weighted by atomic mass is 16.5. The largest absolute Gasteiger partial charge is 0.469 e. The van der Waals surface area contributed by atoms with Gasteiger partial charge in [0.15, 0.2) is 0 Å². The van der Waals surface area contributed by atoms with E-state index in [1.165, 1.54) is 7.11 Å². The van der Waals surface area contributed by atoms with E-state index in [-0.39, 0.29) is 6.42 Å². The molecule has 0 rings (SSSR count). The zero-order chi connectivity index (χ0) is 9.56. The maximum atomic E-state index is 10.8. The molecule has 1 atom stereocenters. The summed E-state index contributed by atoms with van der Waals surface area (Å²) in [6.45, 7) is 1.56. The zero-order valence-corrected chi connectivity index (χ0v) is 6.98. The van der Waals surface area contributed by atoms with Crippen molar-refractivity contribution in [2.45, 2.75) is 13.3 Å². The van der Waals surface area contributed by atoms with Crippen LogP contribution in [0.1, 0.15) is 13.3 Å². The molecule has 0 bridgehead atoms. The van der Waals surface area contributed by atoms with Crippen LogP contribution in [-0.4, -0.2) is 29.9 Å². The average Bonchev–Trinajstić information content (AvgIpc) is 2.03. The monoisotopic (exact) mass is 170 g/mol. The lowest BCUT2D eigenvalue weighted by Gasteiger charge is -2.03. The minimum absolute atomic E-state index is 0.00324. The Hall–Kier alpha value is -1.48. The summed E-state index contributed by atoms with van der Waals surface area (Å²) in [5.74, 6) is -1.36. The van der Waals surface area contributed by atoms with Gasteiger partial charge in [-0.3, -0.25) is 9.59 Å². The molecule has 0 saturated carbocycles. The van der Waals surface area contributed by atoms with E-state index in [1.54, 1.807) is 6.92 Å². The van der Waals surface area contributed by atoms with Crippen LogP contribution in [0.2, 0.25) is 0 Å². The van der Waals surface area contributed by atoms with Crippen LogP contribution in [0.25, 0.3) is 5.53 Å². The molecule has 0 aliphatic rings. The second-order valence-corrected chi connectivity index (χ2v) is 2.34. The van der Waals surface area contributed by atoms with Crippen molar-refractivity contribution in [3.63, 3.8) is 0 Å². The molecule has 0 fully saturated rings. The van der Waals surface area contributed by atoms with E-state index in [2.05, 4.69) is 9.53 Å². The molecular weight excluding hydrogens is 160 g/mol. The molecule has 0 radical (unpaired) electrons. The first-order chi connectivity index (χ1) is 5.61. The zero-order valence-electron chi connectivity index (χ0n) is 6.98. The lowest BCUT2D eigenvalue weighted by molar-refractivity contribution is -0.146. The number of Topliss-reactive ketones (excluding diaryl/α,β-unsaturated/α-hetero) is 1. The normalized spacial score (nSPS) is 11.2. The molecule has 0 unspecified atom stereocenters. The number of methoxy groups -OCH3 is 1. The third kappa shape index (κ3) is 3.63. The smallest absolute Gasteiger partial charge is 0.323 e. The van der Waals surface area contributed by atoms with Gasteiger partial charge in [-0.15, -0.1) is 0 Å². The molecule has 5 nitrogen and oxygen atoms in total. The van der Waals surface area contributed by atoms with Gasteiger partial charge in [-0.2, -0.15) is 4.79 Å². The number of rotatable bonds is 4. The second kappa shape index (κ2) is 5.21. The van der Waals surface area contributed by atoms with Gasteiger partial charge in [0.2, 0.25) is 5.78 Å². The van der Waals surface area contributed by atoms with Crippen molar-refractivity contribution in [1.29, 1.82) is 0 Å². The number of nitrogens with zero attached hydrogens (tertiary/aromatic N) is 2. The van der Waals surface area contributed by atoms with Gasteiger partial charge in [0.25, 0.3) is 0 Å². The molecule has 5 heteroatoms. The van der Waals surface area contributed by atoms with Crippen LogP contribution in [0, 0.1) is 5.92 Å². The molecule has 0 N–H and O–H groups in total. The number of hydrogen-bond donors (Lipinski definition) is 0. The number of ketones is 1. The highest BCUT2D eigenvalue weighted by Gasteiger charge is 2.17. The van der Waals surface area contributed by atoms with Crippen molar-refractivity contribution >= 4 is 18.0 Å². The molecular formula is C7H10N2O3. The molecule has 0 heterocycles. The SMILES string of the molecule is COC(=O)[C@H](C)CC(=O)C=[N+]=[N-]. The van der Waals surface area contributed by atoms with E-state index >= 15 is 0 Å². The van der Waals surface area contributed by atoms with Gasteiger partial charge >= 0.3 is 12.2 Å². The molecule has 0 aliphatic carbocycles. The first kappa shape index (κ1) is 10.5. The molecule has 0 aromatic carbocycles. The summed E-state index contributed by atoms with van der Waals surface area (Å²) in [4.78, 5) is 24.1. The van der Waals surface area contributed by atoms with Crippen LogP contribution in [0.3, 0.4) is 0 Å². The topological polar surface area (TPSA) is 79.8 Å². The van der Waals surface area contributed by atoms with Gasteiger partial charge in [0.1, 0.15) is 0 Å². The Morgan fingerprint density at radius 3 is 2.67 bits per heavy atom. The van der Waals surface area contributed by atoms with E-state index in [9.17, 15) is 9.59 Å². The quantitative estimate of drug-likeness (QED) is 0.259. The van der Waals surface area contributed by atoms with E-state index in [1.807, 2.05) is 0 Å². The highest BCUT2D eigenvalue weighted by Crippen LogP contribution is 2.03. The maximum Gasteiger partial charge on any atom is 0.323 e. The van der Waals surface area contributed by atoms with Crippen molar-refractivity contribution in [2.75, 3.05) is 7.11 Å². The Morgan fingerprint density at radius 2 is 2.25 bits per heavy atom. The van der Waals surface area contributed by atoms with E-state index < -0.39 is 17.7 Å². The van der Waals surface area contributed by atoms with Crippen LogP contribution in [0.4, 0.5) is 0 Å². The molecule has 0 aromatic heterocycles. The maximum absolute atomic E-state index is 10.8. The van der Waals surface area contributed by atoms with E-state index in [0.29, 0.717) is 0 Å². The number of carbonyl (C=O) groups excluding carboxylic acids is 2.